The van der Waals surface area contributed by atoms with E-state index in [1.165, 1.54) is 41.3 Å². The van der Waals surface area contributed by atoms with Crippen LogP contribution in [-0.4, -0.2) is 48.1 Å². The highest BCUT2D eigenvalue weighted by atomic mass is 19.1. The van der Waals surface area contributed by atoms with Gasteiger partial charge in [-0.15, -0.1) is 0 Å². The van der Waals surface area contributed by atoms with Crippen LogP contribution < -0.4 is 16.0 Å². The molecule has 0 spiro atoms. The van der Waals surface area contributed by atoms with E-state index in [1.54, 1.807) is 12.1 Å². The molecule has 0 saturated carbocycles. The number of hydrogen-bond acceptors (Lipinski definition) is 5. The van der Waals surface area contributed by atoms with E-state index >= 15 is 0 Å². The Morgan fingerprint density at radius 2 is 1.89 bits per heavy atom. The Morgan fingerprint density at radius 3 is 2.50 bits per heavy atom. The minimum absolute atomic E-state index is 0.111. The monoisotopic (exact) mass is 386 g/mol. The van der Waals surface area contributed by atoms with Crippen molar-refractivity contribution in [1.82, 2.24) is 0 Å². The van der Waals surface area contributed by atoms with Crippen molar-refractivity contribution >= 4 is 29.0 Å². The fourth-order valence-corrected chi connectivity index (χ4v) is 2.80. The van der Waals surface area contributed by atoms with E-state index in [2.05, 4.69) is 5.32 Å². The van der Waals surface area contributed by atoms with Crippen LogP contribution in [0.15, 0.2) is 48.5 Å². The predicted octanol–water partition coefficient (Wildman–Crippen LogP) is 0.841. The lowest BCUT2D eigenvalue weighted by Crippen LogP contribution is -2.55. The summed E-state index contributed by atoms with van der Waals surface area (Å²) < 4.78 is 18.4. The molecule has 8 nitrogen and oxygen atoms in total. The number of nitrogens with one attached hydrogen (secondary N) is 2. The molecule has 5 N–H and O–H groups in total. The number of carbonyl (C=O) groups excluding carboxylic acids is 2. The fourth-order valence-electron chi connectivity index (χ4n) is 2.80. The van der Waals surface area contributed by atoms with Gasteiger partial charge in [0.05, 0.1) is 6.61 Å². The number of nitrogens with two attached hydrogens (primary N) is 1. The maximum atomic E-state index is 13.1. The van der Waals surface area contributed by atoms with E-state index in [4.69, 9.17) is 15.9 Å². The molecular formula is C19H19FN4O4. The van der Waals surface area contributed by atoms with Crippen molar-refractivity contribution in [3.05, 3.63) is 59.9 Å². The summed E-state index contributed by atoms with van der Waals surface area (Å²) >= 11 is 0. The molecule has 0 radical (unpaired) electrons. The van der Waals surface area contributed by atoms with Crippen LogP contribution in [-0.2, 0) is 14.3 Å². The molecule has 1 aliphatic rings. The first kappa shape index (κ1) is 19.5. The Bertz CT molecular complexity index is 886. The third-order valence-electron chi connectivity index (χ3n) is 4.28. The minimum Gasteiger partial charge on any atom is -0.384 e. The number of ether oxygens (including phenoxy) is 1. The zero-order chi connectivity index (χ0) is 20.3. The maximum absolute atomic E-state index is 13.1. The molecule has 2 atom stereocenters. The molecule has 1 aliphatic heterocycles. The largest absolute Gasteiger partial charge is 0.384 e. The van der Waals surface area contributed by atoms with Crippen LogP contribution in [0, 0.1) is 11.2 Å². The van der Waals surface area contributed by atoms with Gasteiger partial charge in [0.15, 0.2) is 12.2 Å². The highest BCUT2D eigenvalue weighted by molar-refractivity contribution is 6.04. The first-order chi connectivity index (χ1) is 13.4. The Morgan fingerprint density at radius 1 is 1.25 bits per heavy atom. The number of nitrogens with zero attached hydrogens (tertiary/aromatic N) is 1. The van der Waals surface area contributed by atoms with Crippen LogP contribution in [0.5, 0.6) is 0 Å². The van der Waals surface area contributed by atoms with E-state index in [0.717, 1.165) is 0 Å². The Labute approximate surface area is 160 Å². The smallest absolute Gasteiger partial charge is 0.259 e. The number of benzene rings is 2. The number of amides is 2. The molecule has 2 aromatic rings. The SMILES string of the molecule is N=C(N)c1ccc(NC(=O)C(O)C2OCCN(c3ccc(F)cc3)C2=O)cc1. The summed E-state index contributed by atoms with van der Waals surface area (Å²) in [4.78, 5) is 26.3. The summed E-state index contributed by atoms with van der Waals surface area (Å²) in [6, 6.07) is 11.5. The molecular weight excluding hydrogens is 367 g/mol. The molecule has 0 bridgehead atoms. The fraction of sp³-hybridized carbons (Fsp3) is 0.211. The van der Waals surface area contributed by atoms with Crippen LogP contribution in [0.4, 0.5) is 15.8 Å². The second-order valence-electron chi connectivity index (χ2n) is 6.18. The summed E-state index contributed by atoms with van der Waals surface area (Å²) in [7, 11) is 0. The molecule has 1 heterocycles. The molecule has 9 heteroatoms. The number of aliphatic hydroxyl groups excluding tert-OH is 1. The van der Waals surface area contributed by atoms with Gasteiger partial charge in [0.25, 0.3) is 11.8 Å². The number of amidine groups is 1. The van der Waals surface area contributed by atoms with Gasteiger partial charge in [-0.3, -0.25) is 15.0 Å². The van der Waals surface area contributed by atoms with Crippen LogP contribution >= 0.6 is 0 Å². The lowest BCUT2D eigenvalue weighted by atomic mass is 10.1. The molecule has 1 fully saturated rings. The molecule has 3 rings (SSSR count). The summed E-state index contributed by atoms with van der Waals surface area (Å²) in [5, 5.41) is 20.2. The molecule has 2 amide bonds. The second kappa shape index (κ2) is 8.15. The van der Waals surface area contributed by atoms with Crippen molar-refractivity contribution in [1.29, 1.82) is 5.41 Å². The van der Waals surface area contributed by atoms with Gasteiger partial charge in [0, 0.05) is 23.5 Å². The average molecular weight is 386 g/mol. The van der Waals surface area contributed by atoms with Crippen molar-refractivity contribution in [2.75, 3.05) is 23.4 Å². The molecule has 28 heavy (non-hydrogen) atoms. The van der Waals surface area contributed by atoms with Gasteiger partial charge in [-0.25, -0.2) is 4.39 Å². The van der Waals surface area contributed by atoms with Gasteiger partial charge in [0.1, 0.15) is 11.7 Å². The number of hydrogen-bond donors (Lipinski definition) is 4. The number of morpholine rings is 1. The molecule has 2 aromatic carbocycles. The van der Waals surface area contributed by atoms with E-state index in [0.29, 0.717) is 16.9 Å². The van der Waals surface area contributed by atoms with E-state index < -0.39 is 29.8 Å². The third kappa shape index (κ3) is 4.16. The predicted molar refractivity (Wildman–Crippen MR) is 101 cm³/mol. The number of halogens is 1. The topological polar surface area (TPSA) is 129 Å². The molecule has 0 aromatic heterocycles. The zero-order valence-electron chi connectivity index (χ0n) is 14.8. The second-order valence-corrected chi connectivity index (χ2v) is 6.18. The van der Waals surface area contributed by atoms with Crippen molar-refractivity contribution in [2.24, 2.45) is 5.73 Å². The first-order valence-corrected chi connectivity index (χ1v) is 8.49. The third-order valence-corrected chi connectivity index (χ3v) is 4.28. The van der Waals surface area contributed by atoms with Crippen LogP contribution in [0.25, 0.3) is 0 Å². The van der Waals surface area contributed by atoms with Gasteiger partial charge in [-0.2, -0.15) is 0 Å². The van der Waals surface area contributed by atoms with Gasteiger partial charge < -0.3 is 25.8 Å². The van der Waals surface area contributed by atoms with Gasteiger partial charge in [-0.1, -0.05) is 0 Å². The minimum atomic E-state index is -1.73. The van der Waals surface area contributed by atoms with Gasteiger partial charge >= 0.3 is 0 Å². The van der Waals surface area contributed by atoms with Crippen molar-refractivity contribution in [3.8, 4) is 0 Å². The Hall–Kier alpha value is -3.30. The Kier molecular flexibility index (Phi) is 5.67. The Balaban J connectivity index is 1.69. The molecule has 0 aliphatic carbocycles. The van der Waals surface area contributed by atoms with Crippen LogP contribution in [0.1, 0.15) is 5.56 Å². The molecule has 1 saturated heterocycles. The van der Waals surface area contributed by atoms with Crippen molar-refractivity contribution < 1.29 is 23.8 Å². The summed E-state index contributed by atoms with van der Waals surface area (Å²) in [6.45, 7) is 0.341. The number of aliphatic hydroxyl groups is 1. The zero-order valence-corrected chi connectivity index (χ0v) is 14.8. The van der Waals surface area contributed by atoms with E-state index in [-0.39, 0.29) is 19.0 Å². The van der Waals surface area contributed by atoms with Crippen molar-refractivity contribution in [3.63, 3.8) is 0 Å². The van der Waals surface area contributed by atoms with E-state index in [9.17, 15) is 19.1 Å². The number of carbonyl (C=O) groups is 2. The maximum Gasteiger partial charge on any atom is 0.259 e. The highest BCUT2D eigenvalue weighted by Crippen LogP contribution is 2.21. The van der Waals surface area contributed by atoms with Crippen molar-refractivity contribution in [2.45, 2.75) is 12.2 Å². The number of anilines is 2. The number of rotatable bonds is 5. The molecule has 146 valence electrons. The standard InChI is InChI=1S/C19H19FN4O4/c20-12-3-7-14(8-4-12)24-9-10-28-16(19(24)27)15(25)18(26)23-13-5-1-11(2-6-13)17(21)22/h1-8,15-16,25H,9-10H2,(H3,21,22)(H,23,26). The highest BCUT2D eigenvalue weighted by Gasteiger charge is 2.39. The van der Waals surface area contributed by atoms with Crippen LogP contribution in [0.2, 0.25) is 0 Å². The number of nitrogen functional groups attached to an aromatic ring is 1. The lowest BCUT2D eigenvalue weighted by molar-refractivity contribution is -0.150. The lowest BCUT2D eigenvalue weighted by Gasteiger charge is -2.34. The van der Waals surface area contributed by atoms with E-state index in [1.807, 2.05) is 0 Å². The first-order valence-electron chi connectivity index (χ1n) is 8.49. The molecule has 2 unspecified atom stereocenters. The van der Waals surface area contributed by atoms with Gasteiger partial charge in [-0.05, 0) is 48.5 Å². The summed E-state index contributed by atoms with van der Waals surface area (Å²) in [5.41, 5.74) is 6.68. The van der Waals surface area contributed by atoms with Crippen LogP contribution in [0.3, 0.4) is 0 Å². The average Bonchev–Trinajstić information content (AvgIpc) is 2.69. The quantitative estimate of drug-likeness (QED) is 0.447. The normalized spacial score (nSPS) is 17.9. The summed E-state index contributed by atoms with van der Waals surface area (Å²) in [5.74, 6) is -1.95. The van der Waals surface area contributed by atoms with Gasteiger partial charge in [0.2, 0.25) is 0 Å². The summed E-state index contributed by atoms with van der Waals surface area (Å²) in [6.07, 6.45) is -3.11.